The lowest BCUT2D eigenvalue weighted by atomic mass is 10.1. The quantitative estimate of drug-likeness (QED) is 0.547. The molecular formula is C18H16N2O5. The second-order valence-electron chi connectivity index (χ2n) is 5.29. The number of phenolic OH excluding ortho intramolecular Hbond substituents is 2. The predicted molar refractivity (Wildman–Crippen MR) is 94.0 cm³/mol. The van der Waals surface area contributed by atoms with Crippen LogP contribution in [-0.4, -0.2) is 27.9 Å². The normalized spacial score (nSPS) is 10.6. The summed E-state index contributed by atoms with van der Waals surface area (Å²) in [6.45, 7) is 1.93. The molecule has 2 aromatic carbocycles. The summed E-state index contributed by atoms with van der Waals surface area (Å²) >= 11 is 0. The van der Waals surface area contributed by atoms with Gasteiger partial charge in [0, 0.05) is 11.6 Å². The molecule has 1 heterocycles. The number of carbonyl (C=O) groups is 1. The van der Waals surface area contributed by atoms with E-state index >= 15 is 0 Å². The third kappa shape index (κ3) is 3.12. The number of anilines is 1. The first kappa shape index (κ1) is 16.4. The molecule has 1 amide bonds. The summed E-state index contributed by atoms with van der Waals surface area (Å²) < 4.78 is 4.87. The molecule has 0 unspecified atom stereocenters. The summed E-state index contributed by atoms with van der Waals surface area (Å²) in [6, 6.07) is 10.7. The van der Waals surface area contributed by atoms with Gasteiger partial charge < -0.3 is 19.9 Å². The van der Waals surface area contributed by atoms with Crippen LogP contribution in [0.25, 0.3) is 22.2 Å². The number of aromatic amines is 1. The second kappa shape index (κ2) is 6.56. The van der Waals surface area contributed by atoms with Gasteiger partial charge in [-0.25, -0.2) is 4.79 Å². The molecule has 7 heteroatoms. The maximum absolute atomic E-state index is 12.4. The van der Waals surface area contributed by atoms with Crippen molar-refractivity contribution in [2.45, 2.75) is 6.92 Å². The lowest BCUT2D eigenvalue weighted by Gasteiger charge is -2.12. The molecule has 0 spiro atoms. The SMILES string of the molecule is CCOC(=O)Nc1ccccc1-c1cc(=O)c2c(O)ccc(O)c2[nH]1. The lowest BCUT2D eigenvalue weighted by Crippen LogP contribution is -2.14. The number of H-pyrrole nitrogens is 1. The number of benzene rings is 2. The van der Waals surface area contributed by atoms with Gasteiger partial charge >= 0.3 is 6.09 Å². The van der Waals surface area contributed by atoms with Gasteiger partial charge in [-0.15, -0.1) is 0 Å². The fourth-order valence-corrected chi connectivity index (χ4v) is 2.58. The molecule has 0 aliphatic carbocycles. The van der Waals surface area contributed by atoms with E-state index in [0.717, 1.165) is 0 Å². The minimum Gasteiger partial charge on any atom is -0.507 e. The van der Waals surface area contributed by atoms with Crippen molar-refractivity contribution < 1.29 is 19.7 Å². The Bertz CT molecular complexity index is 1010. The Kier molecular flexibility index (Phi) is 4.30. The van der Waals surface area contributed by atoms with Crippen molar-refractivity contribution in [1.29, 1.82) is 0 Å². The summed E-state index contributed by atoms with van der Waals surface area (Å²) in [5, 5.41) is 22.5. The zero-order valence-electron chi connectivity index (χ0n) is 13.4. The van der Waals surface area contributed by atoms with Crippen LogP contribution in [0.3, 0.4) is 0 Å². The molecule has 0 aliphatic heterocycles. The van der Waals surface area contributed by atoms with Gasteiger partial charge in [0.05, 0.1) is 28.9 Å². The highest BCUT2D eigenvalue weighted by Gasteiger charge is 2.14. The van der Waals surface area contributed by atoms with E-state index in [-0.39, 0.29) is 29.0 Å². The van der Waals surface area contributed by atoms with Crippen molar-refractivity contribution >= 4 is 22.7 Å². The van der Waals surface area contributed by atoms with Gasteiger partial charge in [-0.2, -0.15) is 0 Å². The van der Waals surface area contributed by atoms with E-state index < -0.39 is 11.5 Å². The standard InChI is InChI=1S/C18H16N2O5/c1-2-25-18(24)20-11-6-4-3-5-10(11)12-9-15(23)16-13(21)7-8-14(22)17(16)19-12/h3-9,21-22H,2H2,1H3,(H,19,23)(H,20,24). The van der Waals surface area contributed by atoms with E-state index in [1.54, 1.807) is 31.2 Å². The highest BCUT2D eigenvalue weighted by atomic mass is 16.5. The molecule has 7 nitrogen and oxygen atoms in total. The highest BCUT2D eigenvalue weighted by Crippen LogP contribution is 2.32. The summed E-state index contributed by atoms with van der Waals surface area (Å²) in [4.78, 5) is 27.0. The van der Waals surface area contributed by atoms with Gasteiger partial charge in [-0.1, -0.05) is 18.2 Å². The Labute approximate surface area is 142 Å². The van der Waals surface area contributed by atoms with E-state index in [9.17, 15) is 19.8 Å². The Morgan fingerprint density at radius 1 is 1.16 bits per heavy atom. The molecule has 4 N–H and O–H groups in total. The van der Waals surface area contributed by atoms with E-state index in [4.69, 9.17) is 4.74 Å². The Balaban J connectivity index is 2.16. The van der Waals surface area contributed by atoms with Crippen LogP contribution in [-0.2, 0) is 4.74 Å². The van der Waals surface area contributed by atoms with Crippen molar-refractivity contribution in [3.63, 3.8) is 0 Å². The maximum atomic E-state index is 12.4. The minimum absolute atomic E-state index is 0.000386. The lowest BCUT2D eigenvalue weighted by molar-refractivity contribution is 0.168. The molecule has 0 aliphatic rings. The molecule has 0 radical (unpaired) electrons. The molecule has 25 heavy (non-hydrogen) atoms. The number of aromatic nitrogens is 1. The number of hydrogen-bond donors (Lipinski definition) is 4. The molecule has 0 atom stereocenters. The number of rotatable bonds is 3. The van der Waals surface area contributed by atoms with Crippen LogP contribution >= 0.6 is 0 Å². The number of nitrogens with one attached hydrogen (secondary N) is 2. The molecule has 3 rings (SSSR count). The predicted octanol–water partition coefficient (Wildman–Crippen LogP) is 3.17. The van der Waals surface area contributed by atoms with Crippen molar-refractivity contribution in [2.75, 3.05) is 11.9 Å². The van der Waals surface area contributed by atoms with Crippen LogP contribution in [0.2, 0.25) is 0 Å². The second-order valence-corrected chi connectivity index (χ2v) is 5.29. The van der Waals surface area contributed by atoms with Crippen molar-refractivity contribution in [2.24, 2.45) is 0 Å². The van der Waals surface area contributed by atoms with Crippen LogP contribution < -0.4 is 10.7 Å². The number of amides is 1. The zero-order chi connectivity index (χ0) is 18.0. The van der Waals surface area contributed by atoms with Crippen molar-refractivity contribution in [3.8, 4) is 22.8 Å². The molecule has 1 aromatic heterocycles. The molecule has 0 saturated heterocycles. The smallest absolute Gasteiger partial charge is 0.411 e. The van der Waals surface area contributed by atoms with Gasteiger partial charge in [0.2, 0.25) is 0 Å². The maximum Gasteiger partial charge on any atom is 0.411 e. The fourth-order valence-electron chi connectivity index (χ4n) is 2.58. The molecule has 0 bridgehead atoms. The summed E-state index contributed by atoms with van der Waals surface area (Å²) in [5.41, 5.74) is 1.02. The third-order valence-corrected chi connectivity index (χ3v) is 3.67. The molecule has 3 aromatic rings. The van der Waals surface area contributed by atoms with Gasteiger partial charge in [0.1, 0.15) is 11.5 Å². The number of aromatic hydroxyl groups is 2. The van der Waals surface area contributed by atoms with E-state index in [0.29, 0.717) is 16.9 Å². The summed E-state index contributed by atoms with van der Waals surface area (Å²) in [5.74, 6) is -0.388. The third-order valence-electron chi connectivity index (χ3n) is 3.67. The Hall–Kier alpha value is -3.48. The average Bonchev–Trinajstić information content (AvgIpc) is 2.58. The number of pyridine rings is 1. The first-order valence-corrected chi connectivity index (χ1v) is 7.62. The van der Waals surface area contributed by atoms with Gasteiger partial charge in [-0.3, -0.25) is 10.1 Å². The minimum atomic E-state index is -0.612. The van der Waals surface area contributed by atoms with Crippen LogP contribution in [0.1, 0.15) is 6.92 Å². The molecule has 128 valence electrons. The number of carbonyl (C=O) groups excluding carboxylic acids is 1. The van der Waals surface area contributed by atoms with Crippen LogP contribution in [0, 0.1) is 0 Å². The topological polar surface area (TPSA) is 112 Å². The number of fused-ring (bicyclic) bond motifs is 1. The van der Waals surface area contributed by atoms with Crippen molar-refractivity contribution in [3.05, 3.63) is 52.7 Å². The first-order chi connectivity index (χ1) is 12.0. The number of phenols is 2. The van der Waals surface area contributed by atoms with Crippen LogP contribution in [0.5, 0.6) is 11.5 Å². The average molecular weight is 340 g/mol. The van der Waals surface area contributed by atoms with E-state index in [1.807, 2.05) is 0 Å². The van der Waals surface area contributed by atoms with Gasteiger partial charge in [-0.05, 0) is 25.1 Å². The number of hydrogen-bond acceptors (Lipinski definition) is 5. The molecule has 0 fully saturated rings. The Morgan fingerprint density at radius 2 is 1.88 bits per heavy atom. The van der Waals surface area contributed by atoms with Crippen LogP contribution in [0.15, 0.2) is 47.3 Å². The zero-order valence-corrected chi connectivity index (χ0v) is 13.4. The largest absolute Gasteiger partial charge is 0.507 e. The number of ether oxygens (including phenoxy) is 1. The monoisotopic (exact) mass is 340 g/mol. The van der Waals surface area contributed by atoms with Crippen molar-refractivity contribution in [1.82, 2.24) is 4.98 Å². The van der Waals surface area contributed by atoms with E-state index in [1.165, 1.54) is 18.2 Å². The summed E-state index contributed by atoms with van der Waals surface area (Å²) in [6.07, 6.45) is -0.612. The van der Waals surface area contributed by atoms with Gasteiger partial charge in [0.25, 0.3) is 0 Å². The Morgan fingerprint density at radius 3 is 2.64 bits per heavy atom. The summed E-state index contributed by atoms with van der Waals surface area (Å²) in [7, 11) is 0. The molecular weight excluding hydrogens is 324 g/mol. The van der Waals surface area contributed by atoms with E-state index in [2.05, 4.69) is 10.3 Å². The van der Waals surface area contributed by atoms with Gasteiger partial charge in [0.15, 0.2) is 5.43 Å². The van der Waals surface area contributed by atoms with Crippen LogP contribution in [0.4, 0.5) is 10.5 Å². The molecule has 0 saturated carbocycles. The first-order valence-electron chi connectivity index (χ1n) is 7.62. The number of para-hydroxylation sites is 1. The highest BCUT2D eigenvalue weighted by molar-refractivity contribution is 5.94. The fraction of sp³-hybridized carbons (Fsp3) is 0.111.